The van der Waals surface area contributed by atoms with Crippen LogP contribution in [-0.4, -0.2) is 44.1 Å². The Balaban J connectivity index is 1.93. The standard InChI is InChI=1S/C16H21NO4/c1-20-11-12-3-5-13(6-4-12)15(18)17-9-7-14(8-10-17)16(19)21-2/h3-6,14H,7-11H2,1-2H3. The maximum absolute atomic E-state index is 12.4. The number of methoxy groups -OCH3 is 2. The number of benzene rings is 1. The first-order valence-corrected chi connectivity index (χ1v) is 7.10. The fraction of sp³-hybridized carbons (Fsp3) is 0.500. The summed E-state index contributed by atoms with van der Waals surface area (Å²) in [5.41, 5.74) is 1.71. The van der Waals surface area contributed by atoms with Gasteiger partial charge in [0, 0.05) is 25.8 Å². The van der Waals surface area contributed by atoms with Crippen LogP contribution in [0.2, 0.25) is 0 Å². The molecular formula is C16H21NO4. The largest absolute Gasteiger partial charge is 0.469 e. The Morgan fingerprint density at radius 3 is 2.29 bits per heavy atom. The second kappa shape index (κ2) is 7.22. The summed E-state index contributed by atoms with van der Waals surface area (Å²) < 4.78 is 9.80. The summed E-state index contributed by atoms with van der Waals surface area (Å²) in [6.45, 7) is 1.73. The molecule has 1 fully saturated rings. The van der Waals surface area contributed by atoms with Gasteiger partial charge in [0.2, 0.25) is 0 Å². The van der Waals surface area contributed by atoms with Crippen molar-refractivity contribution in [3.63, 3.8) is 0 Å². The van der Waals surface area contributed by atoms with E-state index in [2.05, 4.69) is 0 Å². The monoisotopic (exact) mass is 291 g/mol. The van der Waals surface area contributed by atoms with Crippen molar-refractivity contribution >= 4 is 11.9 Å². The molecular weight excluding hydrogens is 270 g/mol. The van der Waals surface area contributed by atoms with Crippen molar-refractivity contribution in [1.29, 1.82) is 0 Å². The van der Waals surface area contributed by atoms with E-state index in [1.807, 2.05) is 24.3 Å². The van der Waals surface area contributed by atoms with Gasteiger partial charge in [-0.1, -0.05) is 12.1 Å². The minimum absolute atomic E-state index is 0.0160. The number of likely N-dealkylation sites (tertiary alicyclic amines) is 1. The Hall–Kier alpha value is -1.88. The fourth-order valence-corrected chi connectivity index (χ4v) is 2.58. The summed E-state index contributed by atoms with van der Waals surface area (Å²) in [6.07, 6.45) is 1.33. The van der Waals surface area contributed by atoms with Crippen LogP contribution in [0, 0.1) is 5.92 Å². The van der Waals surface area contributed by atoms with Crippen LogP contribution in [0.25, 0.3) is 0 Å². The lowest BCUT2D eigenvalue weighted by Gasteiger charge is -2.30. The van der Waals surface area contributed by atoms with Gasteiger partial charge in [-0.15, -0.1) is 0 Å². The molecule has 1 heterocycles. The Labute approximate surface area is 124 Å². The van der Waals surface area contributed by atoms with Crippen molar-refractivity contribution in [1.82, 2.24) is 4.90 Å². The van der Waals surface area contributed by atoms with E-state index < -0.39 is 0 Å². The zero-order valence-corrected chi connectivity index (χ0v) is 12.5. The number of hydrogen-bond donors (Lipinski definition) is 0. The van der Waals surface area contributed by atoms with Crippen molar-refractivity contribution in [2.75, 3.05) is 27.3 Å². The molecule has 0 saturated carbocycles. The molecule has 1 aliphatic rings. The number of hydrogen-bond acceptors (Lipinski definition) is 4. The van der Waals surface area contributed by atoms with Gasteiger partial charge in [0.05, 0.1) is 19.6 Å². The molecule has 1 aromatic carbocycles. The van der Waals surface area contributed by atoms with Crippen molar-refractivity contribution in [3.05, 3.63) is 35.4 Å². The normalized spacial score (nSPS) is 15.8. The number of ether oxygens (including phenoxy) is 2. The summed E-state index contributed by atoms with van der Waals surface area (Å²) >= 11 is 0. The highest BCUT2D eigenvalue weighted by atomic mass is 16.5. The second-order valence-corrected chi connectivity index (χ2v) is 5.22. The average molecular weight is 291 g/mol. The lowest BCUT2D eigenvalue weighted by molar-refractivity contribution is -0.146. The third kappa shape index (κ3) is 3.82. The van der Waals surface area contributed by atoms with Gasteiger partial charge in [-0.25, -0.2) is 0 Å². The number of carbonyl (C=O) groups is 2. The lowest BCUT2D eigenvalue weighted by Crippen LogP contribution is -2.40. The molecule has 1 saturated heterocycles. The minimum Gasteiger partial charge on any atom is -0.469 e. The van der Waals surface area contributed by atoms with Crippen molar-refractivity contribution in [2.45, 2.75) is 19.4 Å². The highest BCUT2D eigenvalue weighted by Gasteiger charge is 2.28. The number of carbonyl (C=O) groups excluding carboxylic acids is 2. The molecule has 0 aromatic heterocycles. The first kappa shape index (κ1) is 15.5. The van der Waals surface area contributed by atoms with E-state index >= 15 is 0 Å². The van der Waals surface area contributed by atoms with Crippen LogP contribution in [0.1, 0.15) is 28.8 Å². The molecule has 0 unspecified atom stereocenters. The van der Waals surface area contributed by atoms with Crippen molar-refractivity contribution < 1.29 is 19.1 Å². The molecule has 1 amide bonds. The Morgan fingerprint density at radius 1 is 1.14 bits per heavy atom. The van der Waals surface area contributed by atoms with E-state index in [9.17, 15) is 9.59 Å². The van der Waals surface area contributed by atoms with E-state index in [1.54, 1.807) is 12.0 Å². The zero-order chi connectivity index (χ0) is 15.2. The van der Waals surface area contributed by atoms with Gasteiger partial charge in [0.25, 0.3) is 5.91 Å². The summed E-state index contributed by atoms with van der Waals surface area (Å²) in [7, 11) is 3.05. The molecule has 0 radical (unpaired) electrons. The summed E-state index contributed by atoms with van der Waals surface area (Å²) in [6, 6.07) is 7.45. The molecule has 0 bridgehead atoms. The summed E-state index contributed by atoms with van der Waals surface area (Å²) in [4.78, 5) is 25.7. The van der Waals surface area contributed by atoms with Crippen LogP contribution in [0.3, 0.4) is 0 Å². The van der Waals surface area contributed by atoms with Crippen LogP contribution in [-0.2, 0) is 20.9 Å². The van der Waals surface area contributed by atoms with E-state index in [0.717, 1.165) is 5.56 Å². The maximum Gasteiger partial charge on any atom is 0.308 e. The van der Waals surface area contributed by atoms with Gasteiger partial charge in [-0.3, -0.25) is 9.59 Å². The van der Waals surface area contributed by atoms with Crippen LogP contribution in [0.5, 0.6) is 0 Å². The van der Waals surface area contributed by atoms with Crippen LogP contribution >= 0.6 is 0 Å². The van der Waals surface area contributed by atoms with Crippen LogP contribution in [0.15, 0.2) is 24.3 Å². The summed E-state index contributed by atoms with van der Waals surface area (Å²) in [5.74, 6) is -0.239. The Bertz CT molecular complexity index is 490. The topological polar surface area (TPSA) is 55.8 Å². The van der Waals surface area contributed by atoms with Gasteiger partial charge in [0.1, 0.15) is 0 Å². The Morgan fingerprint density at radius 2 is 1.76 bits per heavy atom. The third-order valence-corrected chi connectivity index (χ3v) is 3.83. The van der Waals surface area contributed by atoms with Crippen molar-refractivity contribution in [2.24, 2.45) is 5.92 Å². The molecule has 0 atom stereocenters. The highest BCUT2D eigenvalue weighted by Crippen LogP contribution is 2.20. The zero-order valence-electron chi connectivity index (χ0n) is 12.5. The number of piperidine rings is 1. The lowest BCUT2D eigenvalue weighted by atomic mass is 9.96. The van der Waals surface area contributed by atoms with Gasteiger partial charge in [-0.05, 0) is 30.5 Å². The first-order valence-electron chi connectivity index (χ1n) is 7.10. The number of esters is 1. The van der Waals surface area contributed by atoms with E-state index in [4.69, 9.17) is 9.47 Å². The summed E-state index contributed by atoms with van der Waals surface area (Å²) in [5, 5.41) is 0. The number of amides is 1. The van der Waals surface area contributed by atoms with E-state index in [0.29, 0.717) is 38.1 Å². The number of nitrogens with zero attached hydrogens (tertiary/aromatic N) is 1. The first-order chi connectivity index (χ1) is 10.2. The van der Waals surface area contributed by atoms with E-state index in [1.165, 1.54) is 7.11 Å². The van der Waals surface area contributed by atoms with Gasteiger partial charge in [0.15, 0.2) is 0 Å². The molecule has 0 spiro atoms. The molecule has 114 valence electrons. The third-order valence-electron chi connectivity index (χ3n) is 3.83. The van der Waals surface area contributed by atoms with Crippen LogP contribution < -0.4 is 0 Å². The van der Waals surface area contributed by atoms with Crippen molar-refractivity contribution in [3.8, 4) is 0 Å². The molecule has 2 rings (SSSR count). The van der Waals surface area contributed by atoms with E-state index in [-0.39, 0.29) is 17.8 Å². The van der Waals surface area contributed by atoms with Crippen LogP contribution in [0.4, 0.5) is 0 Å². The predicted octanol–water partition coefficient (Wildman–Crippen LogP) is 1.86. The quantitative estimate of drug-likeness (QED) is 0.795. The SMILES string of the molecule is COCc1ccc(C(=O)N2CCC(C(=O)OC)CC2)cc1. The predicted molar refractivity (Wildman–Crippen MR) is 77.8 cm³/mol. The second-order valence-electron chi connectivity index (χ2n) is 5.22. The number of rotatable bonds is 4. The fourth-order valence-electron chi connectivity index (χ4n) is 2.58. The van der Waals surface area contributed by atoms with Gasteiger partial charge in [-0.2, -0.15) is 0 Å². The molecule has 1 aromatic rings. The van der Waals surface area contributed by atoms with Gasteiger partial charge >= 0.3 is 5.97 Å². The maximum atomic E-state index is 12.4. The Kier molecular flexibility index (Phi) is 5.33. The molecule has 1 aliphatic heterocycles. The highest BCUT2D eigenvalue weighted by molar-refractivity contribution is 5.94. The average Bonchev–Trinajstić information content (AvgIpc) is 2.54. The molecule has 21 heavy (non-hydrogen) atoms. The molecule has 5 heteroatoms. The molecule has 0 aliphatic carbocycles. The minimum atomic E-state index is -0.175. The smallest absolute Gasteiger partial charge is 0.308 e. The molecule has 5 nitrogen and oxygen atoms in total. The van der Waals surface area contributed by atoms with Gasteiger partial charge < -0.3 is 14.4 Å². The molecule has 0 N–H and O–H groups in total.